The van der Waals surface area contributed by atoms with E-state index in [0.29, 0.717) is 27.1 Å². The van der Waals surface area contributed by atoms with E-state index in [9.17, 15) is 14.9 Å². The average molecular weight is 409 g/mol. The minimum atomic E-state index is -0.546. The van der Waals surface area contributed by atoms with E-state index in [4.69, 9.17) is 32.7 Å². The van der Waals surface area contributed by atoms with E-state index in [0.717, 1.165) is 0 Å². The number of rotatable bonds is 5. The first kappa shape index (κ1) is 19.0. The van der Waals surface area contributed by atoms with Crippen LogP contribution in [0.5, 0.6) is 11.5 Å². The number of nitrogens with zero attached hydrogens (tertiary/aromatic N) is 1. The summed E-state index contributed by atoms with van der Waals surface area (Å²) in [5.74, 6) is 0.261. The van der Waals surface area contributed by atoms with Gasteiger partial charge in [0.05, 0.1) is 22.6 Å². The summed E-state index contributed by atoms with van der Waals surface area (Å²) in [5, 5.41) is 14.9. The van der Waals surface area contributed by atoms with E-state index in [1.165, 1.54) is 24.3 Å². The molecule has 2 aromatic carbocycles. The minimum absolute atomic E-state index is 0.000489. The highest BCUT2D eigenvalue weighted by atomic mass is 35.5. The number of carbonyl (C=O) groups excluding carboxylic acids is 1. The van der Waals surface area contributed by atoms with Gasteiger partial charge in [-0.15, -0.1) is 0 Å². The number of benzene rings is 2. The summed E-state index contributed by atoms with van der Waals surface area (Å²) in [6.45, 7) is 1.77. The Hall–Kier alpha value is -2.77. The molecule has 1 aliphatic rings. The molecule has 7 nitrogen and oxygen atoms in total. The van der Waals surface area contributed by atoms with E-state index in [1.807, 2.05) is 0 Å². The average Bonchev–Trinajstić information content (AvgIpc) is 3.06. The Morgan fingerprint density at radius 2 is 1.96 bits per heavy atom. The van der Waals surface area contributed by atoms with Crippen LogP contribution in [-0.4, -0.2) is 17.6 Å². The molecule has 27 heavy (non-hydrogen) atoms. The Kier molecular flexibility index (Phi) is 5.53. The molecule has 1 amide bonds. The Labute approximate surface area is 164 Å². The number of halogens is 2. The Balaban J connectivity index is 1.76. The maximum absolute atomic E-state index is 12.2. The van der Waals surface area contributed by atoms with Crippen molar-refractivity contribution in [1.82, 2.24) is 5.32 Å². The highest BCUT2D eigenvalue weighted by Crippen LogP contribution is 2.38. The van der Waals surface area contributed by atoms with Crippen LogP contribution in [0.15, 0.2) is 36.4 Å². The molecular formula is C18H14Cl2N2O5. The number of hydrogen-bond acceptors (Lipinski definition) is 5. The molecule has 3 rings (SSSR count). The van der Waals surface area contributed by atoms with Gasteiger partial charge in [0, 0.05) is 16.1 Å². The highest BCUT2D eigenvalue weighted by molar-refractivity contribution is 6.35. The lowest BCUT2D eigenvalue weighted by atomic mass is 10.1. The maximum Gasteiger partial charge on any atom is 0.280 e. The van der Waals surface area contributed by atoms with Crippen LogP contribution in [-0.2, 0) is 4.79 Å². The molecule has 0 spiro atoms. The Morgan fingerprint density at radius 1 is 1.26 bits per heavy atom. The topological polar surface area (TPSA) is 90.7 Å². The summed E-state index contributed by atoms with van der Waals surface area (Å²) in [4.78, 5) is 22.9. The molecule has 1 N–H and O–H groups in total. The van der Waals surface area contributed by atoms with Gasteiger partial charge in [0.15, 0.2) is 11.5 Å². The first-order valence-electron chi connectivity index (χ1n) is 7.86. The summed E-state index contributed by atoms with van der Waals surface area (Å²) >= 11 is 12.0. The summed E-state index contributed by atoms with van der Waals surface area (Å²) in [5.41, 5.74) is 0.755. The predicted octanol–water partition coefficient (Wildman–Crippen LogP) is 4.52. The molecule has 1 aliphatic heterocycles. The third kappa shape index (κ3) is 4.32. The number of fused-ring (bicyclic) bond motifs is 1. The molecule has 2 aromatic rings. The van der Waals surface area contributed by atoms with Gasteiger partial charge < -0.3 is 14.8 Å². The van der Waals surface area contributed by atoms with Gasteiger partial charge in [-0.2, -0.15) is 0 Å². The van der Waals surface area contributed by atoms with Gasteiger partial charge in [0.1, 0.15) is 0 Å². The lowest BCUT2D eigenvalue weighted by molar-refractivity contribution is -0.385. The quantitative estimate of drug-likeness (QED) is 0.446. The largest absolute Gasteiger partial charge is 0.454 e. The van der Waals surface area contributed by atoms with E-state index < -0.39 is 10.8 Å². The van der Waals surface area contributed by atoms with Gasteiger partial charge in [-0.05, 0) is 36.8 Å². The molecule has 1 atom stereocenters. The number of nitro groups is 1. The molecule has 0 bridgehead atoms. The number of nitrogens with one attached hydrogen (secondary N) is 1. The van der Waals surface area contributed by atoms with E-state index in [1.54, 1.807) is 25.1 Å². The molecule has 0 aliphatic carbocycles. The summed E-state index contributed by atoms with van der Waals surface area (Å²) in [6.07, 6.45) is 2.57. The van der Waals surface area contributed by atoms with Gasteiger partial charge in [-0.3, -0.25) is 14.9 Å². The van der Waals surface area contributed by atoms with Crippen molar-refractivity contribution in [3.05, 3.63) is 67.7 Å². The van der Waals surface area contributed by atoms with Crippen LogP contribution in [0.2, 0.25) is 10.0 Å². The van der Waals surface area contributed by atoms with Gasteiger partial charge in [0.2, 0.25) is 12.7 Å². The van der Waals surface area contributed by atoms with Gasteiger partial charge in [-0.1, -0.05) is 29.3 Å². The Bertz CT molecular complexity index is 946. The van der Waals surface area contributed by atoms with E-state index in [-0.39, 0.29) is 24.1 Å². The molecule has 0 saturated carbocycles. The third-order valence-electron chi connectivity index (χ3n) is 3.92. The molecule has 0 aromatic heterocycles. The molecular weight excluding hydrogens is 395 g/mol. The molecule has 0 fully saturated rings. The van der Waals surface area contributed by atoms with Crippen LogP contribution in [0, 0.1) is 10.1 Å². The van der Waals surface area contributed by atoms with E-state index >= 15 is 0 Å². The molecule has 1 heterocycles. The molecule has 0 radical (unpaired) electrons. The van der Waals surface area contributed by atoms with Crippen molar-refractivity contribution >= 4 is 40.9 Å². The second-order valence-electron chi connectivity index (χ2n) is 5.75. The highest BCUT2D eigenvalue weighted by Gasteiger charge is 2.22. The number of amides is 1. The van der Waals surface area contributed by atoms with Crippen molar-refractivity contribution in [3.8, 4) is 11.5 Å². The van der Waals surface area contributed by atoms with Crippen LogP contribution in [0.3, 0.4) is 0 Å². The fourth-order valence-electron chi connectivity index (χ4n) is 2.60. The SMILES string of the molecule is C[C@@H](NC(=O)/C=C/c1cc2c(cc1[N+](=O)[O-])OCO2)c1ccc(Cl)cc1Cl. The zero-order valence-electron chi connectivity index (χ0n) is 14.1. The van der Waals surface area contributed by atoms with Crippen LogP contribution < -0.4 is 14.8 Å². The standard InChI is InChI=1S/C18H14Cl2N2O5/c1-10(13-4-3-12(19)7-14(13)20)21-18(23)5-2-11-6-16-17(27-9-26-16)8-15(11)22(24)25/h2-8,10H,9H2,1H3,(H,21,23)/b5-2+/t10-/m1/s1. The lowest BCUT2D eigenvalue weighted by Crippen LogP contribution is -2.24. The van der Waals surface area contributed by atoms with Crippen LogP contribution in [0.4, 0.5) is 5.69 Å². The number of ether oxygens (including phenoxy) is 2. The summed E-state index contributed by atoms with van der Waals surface area (Å²) < 4.78 is 10.4. The second-order valence-corrected chi connectivity index (χ2v) is 6.59. The zero-order chi connectivity index (χ0) is 19.6. The first-order valence-corrected chi connectivity index (χ1v) is 8.62. The van der Waals surface area contributed by atoms with Crippen molar-refractivity contribution < 1.29 is 19.2 Å². The minimum Gasteiger partial charge on any atom is -0.454 e. The van der Waals surface area contributed by atoms with Crippen LogP contribution in [0.1, 0.15) is 24.1 Å². The van der Waals surface area contributed by atoms with Gasteiger partial charge in [0.25, 0.3) is 5.69 Å². The number of carbonyl (C=O) groups is 1. The Morgan fingerprint density at radius 3 is 2.63 bits per heavy atom. The number of nitro benzene ring substituents is 1. The third-order valence-corrected chi connectivity index (χ3v) is 4.48. The monoisotopic (exact) mass is 408 g/mol. The fourth-order valence-corrected chi connectivity index (χ4v) is 3.17. The zero-order valence-corrected chi connectivity index (χ0v) is 15.6. The van der Waals surface area contributed by atoms with Crippen LogP contribution in [0.25, 0.3) is 6.08 Å². The van der Waals surface area contributed by atoms with Gasteiger partial charge >= 0.3 is 0 Å². The molecule has 140 valence electrons. The van der Waals surface area contributed by atoms with Crippen molar-refractivity contribution in [2.45, 2.75) is 13.0 Å². The molecule has 0 saturated heterocycles. The van der Waals surface area contributed by atoms with E-state index in [2.05, 4.69) is 5.32 Å². The second kappa shape index (κ2) is 7.85. The van der Waals surface area contributed by atoms with Crippen molar-refractivity contribution in [3.63, 3.8) is 0 Å². The normalized spacial score (nSPS) is 13.6. The molecule has 9 heteroatoms. The smallest absolute Gasteiger partial charge is 0.280 e. The predicted molar refractivity (Wildman–Crippen MR) is 101 cm³/mol. The van der Waals surface area contributed by atoms with Crippen molar-refractivity contribution in [1.29, 1.82) is 0 Å². The van der Waals surface area contributed by atoms with Crippen molar-refractivity contribution in [2.24, 2.45) is 0 Å². The summed E-state index contributed by atoms with van der Waals surface area (Å²) in [7, 11) is 0. The summed E-state index contributed by atoms with van der Waals surface area (Å²) in [6, 6.07) is 7.35. The maximum atomic E-state index is 12.2. The first-order chi connectivity index (χ1) is 12.8. The number of hydrogen-bond donors (Lipinski definition) is 1. The van der Waals surface area contributed by atoms with Crippen molar-refractivity contribution in [2.75, 3.05) is 6.79 Å². The fraction of sp³-hybridized carbons (Fsp3) is 0.167. The van der Waals surface area contributed by atoms with Gasteiger partial charge in [-0.25, -0.2) is 0 Å². The lowest BCUT2D eigenvalue weighted by Gasteiger charge is -2.14. The molecule has 0 unspecified atom stereocenters. The van der Waals surface area contributed by atoms with Crippen LogP contribution >= 0.6 is 23.2 Å².